The van der Waals surface area contributed by atoms with Crippen LogP contribution in [0.5, 0.6) is 0 Å². The maximum absolute atomic E-state index is 10.3. The Labute approximate surface area is 258 Å². The highest BCUT2D eigenvalue weighted by Crippen LogP contribution is 2.37. The normalized spacial score (nSPS) is 19.8. The summed E-state index contributed by atoms with van der Waals surface area (Å²) in [5.74, 6) is 0. The quantitative estimate of drug-likeness (QED) is 0.222. The smallest absolute Gasteiger partial charge is 0.261 e. The Bertz CT molecular complexity index is 1330. The lowest BCUT2D eigenvalue weighted by Gasteiger charge is -2.47. The highest BCUT2D eigenvalue weighted by Gasteiger charge is 2.51. The molecule has 1 aliphatic heterocycles. The summed E-state index contributed by atoms with van der Waals surface area (Å²) in [5.41, 5.74) is 2.36. The molecule has 0 unspecified atom stereocenters. The molecule has 5 nitrogen and oxygen atoms in total. The number of rotatable bonds is 12. The van der Waals surface area contributed by atoms with Gasteiger partial charge in [0, 0.05) is 13.1 Å². The molecule has 1 saturated heterocycles. The zero-order valence-electron chi connectivity index (χ0n) is 25.6. The highest BCUT2D eigenvalue weighted by molar-refractivity contribution is 6.99. The SMILES string of the molecule is CC(C)(C)[Si](OC[C@H]1O[C@H](CO)CN(Cc2ccccc2)[C@@H]1COCc1ccccc1)(c1ccccc1)c1ccccc1. The van der Waals surface area contributed by atoms with E-state index < -0.39 is 8.32 Å². The van der Waals surface area contributed by atoms with Crippen molar-refractivity contribution < 1.29 is 19.0 Å². The Balaban J connectivity index is 1.47. The molecule has 0 radical (unpaired) electrons. The van der Waals surface area contributed by atoms with E-state index in [1.165, 1.54) is 15.9 Å². The molecule has 0 aromatic heterocycles. The minimum Gasteiger partial charge on any atom is -0.405 e. The Kier molecular flexibility index (Phi) is 10.6. The van der Waals surface area contributed by atoms with Gasteiger partial charge < -0.3 is 19.0 Å². The summed E-state index contributed by atoms with van der Waals surface area (Å²) >= 11 is 0. The number of aliphatic hydroxyl groups excluding tert-OH is 1. The van der Waals surface area contributed by atoms with Crippen LogP contribution in [-0.2, 0) is 27.1 Å². The van der Waals surface area contributed by atoms with Gasteiger partial charge in [-0.1, -0.05) is 142 Å². The van der Waals surface area contributed by atoms with Crippen LogP contribution in [0.1, 0.15) is 31.9 Å². The van der Waals surface area contributed by atoms with Crippen LogP contribution < -0.4 is 10.4 Å². The molecule has 0 bridgehead atoms. The number of hydrogen-bond acceptors (Lipinski definition) is 5. The Morgan fingerprint density at radius 3 is 1.77 bits per heavy atom. The van der Waals surface area contributed by atoms with Crippen LogP contribution in [-0.4, -0.2) is 62.9 Å². The molecule has 0 spiro atoms. The molecule has 4 aromatic carbocycles. The zero-order valence-corrected chi connectivity index (χ0v) is 26.6. The second-order valence-corrected chi connectivity index (χ2v) is 16.7. The lowest BCUT2D eigenvalue weighted by Crippen LogP contribution is -2.68. The average molecular weight is 596 g/mol. The number of aliphatic hydroxyl groups is 1. The molecule has 0 saturated carbocycles. The van der Waals surface area contributed by atoms with Gasteiger partial charge in [0.1, 0.15) is 0 Å². The molecular formula is C37H45NO4Si. The first-order valence-corrected chi connectivity index (χ1v) is 17.2. The van der Waals surface area contributed by atoms with Gasteiger partial charge in [0.15, 0.2) is 0 Å². The van der Waals surface area contributed by atoms with E-state index in [4.69, 9.17) is 13.9 Å². The molecule has 3 atom stereocenters. The van der Waals surface area contributed by atoms with Crippen molar-refractivity contribution in [2.24, 2.45) is 0 Å². The molecule has 1 fully saturated rings. The summed E-state index contributed by atoms with van der Waals surface area (Å²) in [5, 5.41) is 12.6. The van der Waals surface area contributed by atoms with Crippen molar-refractivity contribution in [2.75, 3.05) is 26.4 Å². The molecule has 1 aliphatic rings. The maximum atomic E-state index is 10.3. The third-order valence-corrected chi connectivity index (χ3v) is 13.4. The summed E-state index contributed by atoms with van der Waals surface area (Å²) in [4.78, 5) is 2.41. The van der Waals surface area contributed by atoms with Crippen LogP contribution in [0.4, 0.5) is 0 Å². The van der Waals surface area contributed by atoms with Gasteiger partial charge in [-0.2, -0.15) is 0 Å². The van der Waals surface area contributed by atoms with Crippen LogP contribution in [0.2, 0.25) is 5.04 Å². The highest BCUT2D eigenvalue weighted by atomic mass is 28.4. The van der Waals surface area contributed by atoms with E-state index in [0.717, 1.165) is 12.1 Å². The number of ether oxygens (including phenoxy) is 2. The summed E-state index contributed by atoms with van der Waals surface area (Å²) in [7, 11) is -2.78. The molecule has 226 valence electrons. The fourth-order valence-corrected chi connectivity index (χ4v) is 10.9. The Hall–Kier alpha value is -3.10. The van der Waals surface area contributed by atoms with E-state index in [2.05, 4.69) is 123 Å². The van der Waals surface area contributed by atoms with Crippen LogP contribution in [0, 0.1) is 0 Å². The molecule has 0 aliphatic carbocycles. The first-order chi connectivity index (χ1) is 20.9. The van der Waals surface area contributed by atoms with E-state index >= 15 is 0 Å². The maximum Gasteiger partial charge on any atom is 0.261 e. The standard InChI is InChI=1S/C37H45NO4Si/c1-37(2,3)43(33-20-12-6-13-21-33,34-22-14-7-15-23-34)41-29-36-35(28-40-27-31-18-10-5-11-19-31)38(25-32(26-39)42-36)24-30-16-8-4-9-17-30/h4-23,32,35-36,39H,24-29H2,1-3H3/t32-,35+,36+/m0/s1. The van der Waals surface area contributed by atoms with Crippen molar-refractivity contribution in [1.82, 2.24) is 4.90 Å². The second kappa shape index (κ2) is 14.6. The first-order valence-electron chi connectivity index (χ1n) is 15.3. The Morgan fingerprint density at radius 1 is 0.744 bits per heavy atom. The van der Waals surface area contributed by atoms with Crippen molar-refractivity contribution >= 4 is 18.7 Å². The molecule has 5 rings (SSSR count). The molecule has 1 heterocycles. The van der Waals surface area contributed by atoms with Crippen molar-refractivity contribution in [3.05, 3.63) is 132 Å². The summed E-state index contributed by atoms with van der Waals surface area (Å²) in [6.07, 6.45) is -0.589. The van der Waals surface area contributed by atoms with Crippen LogP contribution >= 0.6 is 0 Å². The summed E-state index contributed by atoms with van der Waals surface area (Å²) in [6, 6.07) is 42.1. The molecule has 43 heavy (non-hydrogen) atoms. The van der Waals surface area contributed by atoms with E-state index in [0.29, 0.717) is 26.4 Å². The van der Waals surface area contributed by atoms with Crippen LogP contribution in [0.15, 0.2) is 121 Å². The predicted molar refractivity (Wildman–Crippen MR) is 176 cm³/mol. The van der Waals surface area contributed by atoms with E-state index in [1.807, 2.05) is 24.3 Å². The topological polar surface area (TPSA) is 51.2 Å². The molecular weight excluding hydrogens is 550 g/mol. The van der Waals surface area contributed by atoms with Gasteiger partial charge >= 0.3 is 0 Å². The largest absolute Gasteiger partial charge is 0.405 e. The fourth-order valence-electron chi connectivity index (χ4n) is 6.32. The molecule has 0 amide bonds. The lowest BCUT2D eigenvalue weighted by molar-refractivity contribution is -0.161. The molecule has 4 aromatic rings. The van der Waals surface area contributed by atoms with Crippen molar-refractivity contribution in [3.63, 3.8) is 0 Å². The van der Waals surface area contributed by atoms with Crippen molar-refractivity contribution in [2.45, 2.75) is 57.2 Å². The average Bonchev–Trinajstić information content (AvgIpc) is 3.03. The molecule has 6 heteroatoms. The van der Waals surface area contributed by atoms with E-state index in [9.17, 15) is 5.11 Å². The van der Waals surface area contributed by atoms with Crippen molar-refractivity contribution in [1.29, 1.82) is 0 Å². The Morgan fingerprint density at radius 2 is 1.26 bits per heavy atom. The van der Waals surface area contributed by atoms with Crippen LogP contribution in [0.3, 0.4) is 0 Å². The van der Waals surface area contributed by atoms with Gasteiger partial charge in [0.2, 0.25) is 0 Å². The minimum atomic E-state index is -2.78. The monoisotopic (exact) mass is 595 g/mol. The van der Waals surface area contributed by atoms with Gasteiger partial charge in [-0.3, -0.25) is 4.90 Å². The van der Waals surface area contributed by atoms with Crippen LogP contribution in [0.25, 0.3) is 0 Å². The lowest BCUT2D eigenvalue weighted by atomic mass is 10.0. The molecule has 1 N–H and O–H groups in total. The van der Waals surface area contributed by atoms with Gasteiger partial charge in [-0.25, -0.2) is 0 Å². The van der Waals surface area contributed by atoms with Gasteiger partial charge in [0.05, 0.1) is 44.7 Å². The first kappa shape index (κ1) is 31.3. The fraction of sp³-hybridized carbons (Fsp3) is 0.351. The summed E-state index contributed by atoms with van der Waals surface area (Å²) < 4.78 is 20.3. The van der Waals surface area contributed by atoms with Gasteiger partial charge in [0.25, 0.3) is 8.32 Å². The third-order valence-electron chi connectivity index (χ3n) is 8.42. The predicted octanol–water partition coefficient (Wildman–Crippen LogP) is 5.41. The van der Waals surface area contributed by atoms with Crippen molar-refractivity contribution in [3.8, 4) is 0 Å². The zero-order chi connectivity index (χ0) is 30.1. The van der Waals surface area contributed by atoms with E-state index in [-0.39, 0.29) is 29.9 Å². The van der Waals surface area contributed by atoms with E-state index in [1.54, 1.807) is 0 Å². The third kappa shape index (κ3) is 7.52. The number of hydrogen-bond donors (Lipinski definition) is 1. The number of morpholine rings is 1. The second-order valence-electron chi connectivity index (χ2n) is 12.4. The number of nitrogens with zero attached hydrogens (tertiary/aromatic N) is 1. The van der Waals surface area contributed by atoms with Gasteiger partial charge in [-0.05, 0) is 26.5 Å². The number of benzene rings is 4. The van der Waals surface area contributed by atoms with Gasteiger partial charge in [-0.15, -0.1) is 0 Å². The minimum absolute atomic E-state index is 0.0431. The summed E-state index contributed by atoms with van der Waals surface area (Å²) in [6.45, 7) is 9.62.